The van der Waals surface area contributed by atoms with Gasteiger partial charge in [-0.2, -0.15) is 0 Å². The number of aromatic hydroxyl groups is 2. The average Bonchev–Trinajstić information content (AvgIpc) is 2.78. The largest absolute Gasteiger partial charge is 0.504 e. The number of Topliss-reactive ketones (excluding diaryl/α,β-unsaturated/α-hetero) is 1. The van der Waals surface area contributed by atoms with Crippen LogP contribution >= 0.6 is 0 Å². The third-order valence-electron chi connectivity index (χ3n) is 7.69. The zero-order valence-electron chi connectivity index (χ0n) is 23.9. The first-order valence-electron chi connectivity index (χ1n) is 14.6. The van der Waals surface area contributed by atoms with Crippen LogP contribution in [0.4, 0.5) is 0 Å². The molecule has 2 unspecified atom stereocenters. The molecule has 1 aromatic rings. The molecule has 202 valence electrons. The molecule has 0 amide bonds. The third kappa shape index (κ3) is 14.6. The van der Waals surface area contributed by atoms with Crippen molar-refractivity contribution in [3.63, 3.8) is 0 Å². The molecule has 2 N–H and O–H groups in total. The lowest BCUT2D eigenvalue weighted by atomic mass is 9.77. The van der Waals surface area contributed by atoms with E-state index in [2.05, 4.69) is 27.7 Å². The Kier molecular flexibility index (Phi) is 16.1. The predicted octanol–water partition coefficient (Wildman–Crippen LogP) is 9.68. The summed E-state index contributed by atoms with van der Waals surface area (Å²) in [6.07, 6.45) is 19.4. The van der Waals surface area contributed by atoms with Crippen molar-refractivity contribution >= 4 is 5.78 Å². The maximum atomic E-state index is 12.4. The van der Waals surface area contributed by atoms with Crippen molar-refractivity contribution in [3.8, 4) is 11.5 Å². The molecule has 0 radical (unpaired) electrons. The summed E-state index contributed by atoms with van der Waals surface area (Å²) in [7, 11) is 0. The molecule has 3 heteroatoms. The smallest absolute Gasteiger partial charge is 0.157 e. The number of aryl methyl sites for hydroxylation is 2. The molecule has 2 atom stereocenters. The molecule has 0 bridgehead atoms. The highest BCUT2D eigenvalue weighted by molar-refractivity contribution is 5.81. The van der Waals surface area contributed by atoms with E-state index in [1.807, 2.05) is 13.8 Å². The fourth-order valence-electron chi connectivity index (χ4n) is 5.12. The minimum atomic E-state index is -0.0527. The van der Waals surface area contributed by atoms with Crippen LogP contribution in [0.25, 0.3) is 0 Å². The van der Waals surface area contributed by atoms with Crippen molar-refractivity contribution < 1.29 is 15.0 Å². The molecular weight excluding hydrogens is 432 g/mol. The van der Waals surface area contributed by atoms with Gasteiger partial charge in [-0.05, 0) is 74.1 Å². The van der Waals surface area contributed by atoms with Crippen LogP contribution in [0.2, 0.25) is 0 Å². The first kappa shape index (κ1) is 31.5. The molecule has 1 aliphatic rings. The molecule has 0 aliphatic heterocycles. The van der Waals surface area contributed by atoms with Crippen molar-refractivity contribution in [2.75, 3.05) is 0 Å². The predicted molar refractivity (Wildman–Crippen MR) is 150 cm³/mol. The number of unbranched alkanes of at least 4 members (excludes halogenated alkanes) is 6. The molecule has 3 nitrogen and oxygen atoms in total. The number of benzene rings is 1. The number of hydrogen-bond donors (Lipinski definition) is 2. The summed E-state index contributed by atoms with van der Waals surface area (Å²) in [5.41, 5.74) is 1.96. The molecule has 0 aromatic heterocycles. The van der Waals surface area contributed by atoms with Crippen LogP contribution in [0.5, 0.6) is 11.5 Å². The van der Waals surface area contributed by atoms with Gasteiger partial charge in [0, 0.05) is 12.3 Å². The summed E-state index contributed by atoms with van der Waals surface area (Å²) in [5.74, 6) is 3.30. The van der Waals surface area contributed by atoms with Crippen molar-refractivity contribution in [3.05, 3.63) is 23.3 Å². The van der Waals surface area contributed by atoms with Gasteiger partial charge in [0.15, 0.2) is 11.5 Å². The monoisotopic (exact) mass is 488 g/mol. The van der Waals surface area contributed by atoms with Crippen molar-refractivity contribution in [1.29, 1.82) is 0 Å². The number of carbonyl (C=O) groups excluding carboxylic acids is 1. The van der Waals surface area contributed by atoms with E-state index in [0.29, 0.717) is 17.6 Å². The highest BCUT2D eigenvalue weighted by Crippen LogP contribution is 2.32. The topological polar surface area (TPSA) is 57.5 Å². The summed E-state index contributed by atoms with van der Waals surface area (Å²) in [4.78, 5) is 12.4. The van der Waals surface area contributed by atoms with Gasteiger partial charge in [-0.1, -0.05) is 98.3 Å². The Labute approximate surface area is 217 Å². The van der Waals surface area contributed by atoms with Gasteiger partial charge in [-0.3, -0.25) is 4.79 Å². The molecule has 1 aliphatic carbocycles. The lowest BCUT2D eigenvalue weighted by Gasteiger charge is -2.27. The van der Waals surface area contributed by atoms with Gasteiger partial charge in [0.1, 0.15) is 5.78 Å². The molecule has 2 rings (SSSR count). The molecule has 1 fully saturated rings. The Morgan fingerprint density at radius 1 is 0.714 bits per heavy atom. The Bertz CT molecular complexity index is 657. The van der Waals surface area contributed by atoms with Gasteiger partial charge < -0.3 is 10.2 Å². The van der Waals surface area contributed by atoms with E-state index in [1.165, 1.54) is 89.9 Å². The minimum absolute atomic E-state index is 0.0527. The summed E-state index contributed by atoms with van der Waals surface area (Å²) >= 11 is 0. The number of phenols is 2. The molecule has 35 heavy (non-hydrogen) atoms. The van der Waals surface area contributed by atoms with E-state index in [0.717, 1.165) is 29.4 Å². The first-order chi connectivity index (χ1) is 16.6. The Balaban J connectivity index is 0.000000507. The standard InChI is InChI=1S/C24H46O.C8H10O2/c1-20(2)13-9-5-7-11-15-22-17-18-23(24(25)19-22)16-12-8-6-10-14-21(3)4;1-5-3-7(9)8(10)4-6(5)2/h20-23H,5-19H2,1-4H3;3-4,9-10H,1-2H3. The van der Waals surface area contributed by atoms with Gasteiger partial charge in [0.2, 0.25) is 0 Å². The Morgan fingerprint density at radius 2 is 1.17 bits per heavy atom. The van der Waals surface area contributed by atoms with Crippen molar-refractivity contribution in [2.24, 2.45) is 23.7 Å². The molecular formula is C32H56O3. The number of ketones is 1. The fraction of sp³-hybridized carbons (Fsp3) is 0.781. The molecule has 1 aromatic carbocycles. The highest BCUT2D eigenvalue weighted by atomic mass is 16.3. The van der Waals surface area contributed by atoms with E-state index in [-0.39, 0.29) is 11.5 Å². The minimum Gasteiger partial charge on any atom is -0.504 e. The van der Waals surface area contributed by atoms with Crippen LogP contribution in [-0.4, -0.2) is 16.0 Å². The van der Waals surface area contributed by atoms with Crippen molar-refractivity contribution in [1.82, 2.24) is 0 Å². The quantitative estimate of drug-likeness (QED) is 0.202. The van der Waals surface area contributed by atoms with Crippen LogP contribution in [0.15, 0.2) is 12.1 Å². The summed E-state index contributed by atoms with van der Waals surface area (Å²) in [6, 6.07) is 3.09. The van der Waals surface area contributed by atoms with E-state index in [9.17, 15) is 4.79 Å². The fourth-order valence-corrected chi connectivity index (χ4v) is 5.12. The Hall–Kier alpha value is -1.51. The van der Waals surface area contributed by atoms with Gasteiger partial charge in [-0.25, -0.2) is 0 Å². The second kappa shape index (κ2) is 17.8. The van der Waals surface area contributed by atoms with Crippen LogP contribution in [-0.2, 0) is 4.79 Å². The maximum absolute atomic E-state index is 12.4. The SMILES string of the molecule is CC(C)CCCCCCC1CCC(CCCCCCC(C)C)C(=O)C1.Cc1cc(O)c(O)cc1C. The number of carbonyl (C=O) groups is 1. The average molecular weight is 489 g/mol. The van der Waals surface area contributed by atoms with Crippen LogP contribution < -0.4 is 0 Å². The summed E-state index contributed by atoms with van der Waals surface area (Å²) < 4.78 is 0. The third-order valence-corrected chi connectivity index (χ3v) is 7.69. The zero-order chi connectivity index (χ0) is 26.2. The summed E-state index contributed by atoms with van der Waals surface area (Å²) in [5, 5.41) is 17.9. The van der Waals surface area contributed by atoms with E-state index in [4.69, 9.17) is 10.2 Å². The van der Waals surface area contributed by atoms with Crippen LogP contribution in [0.3, 0.4) is 0 Å². The number of phenolic OH excluding ortho intramolecular Hbond substituents is 2. The van der Waals surface area contributed by atoms with Gasteiger partial charge in [-0.15, -0.1) is 0 Å². The zero-order valence-corrected chi connectivity index (χ0v) is 23.9. The lowest BCUT2D eigenvalue weighted by Crippen LogP contribution is -2.25. The van der Waals surface area contributed by atoms with Crippen LogP contribution in [0, 0.1) is 37.5 Å². The normalized spacial score (nSPS) is 18.1. The molecule has 0 saturated heterocycles. The number of rotatable bonds is 14. The van der Waals surface area contributed by atoms with Gasteiger partial charge in [0.05, 0.1) is 0 Å². The summed E-state index contributed by atoms with van der Waals surface area (Å²) in [6.45, 7) is 13.0. The first-order valence-corrected chi connectivity index (χ1v) is 14.6. The Morgan fingerprint density at radius 3 is 1.63 bits per heavy atom. The molecule has 1 saturated carbocycles. The second-order valence-corrected chi connectivity index (χ2v) is 12.0. The molecule has 0 heterocycles. The highest BCUT2D eigenvalue weighted by Gasteiger charge is 2.27. The number of hydrogen-bond acceptors (Lipinski definition) is 3. The van der Waals surface area contributed by atoms with Gasteiger partial charge in [0.25, 0.3) is 0 Å². The van der Waals surface area contributed by atoms with Crippen molar-refractivity contribution in [2.45, 2.75) is 138 Å². The van der Waals surface area contributed by atoms with E-state index >= 15 is 0 Å². The van der Waals surface area contributed by atoms with E-state index in [1.54, 1.807) is 12.1 Å². The lowest BCUT2D eigenvalue weighted by molar-refractivity contribution is -0.126. The second-order valence-electron chi connectivity index (χ2n) is 12.0. The van der Waals surface area contributed by atoms with Gasteiger partial charge >= 0.3 is 0 Å². The molecule has 0 spiro atoms. The van der Waals surface area contributed by atoms with E-state index < -0.39 is 0 Å². The maximum Gasteiger partial charge on any atom is 0.157 e. The van der Waals surface area contributed by atoms with Crippen LogP contribution in [0.1, 0.15) is 135 Å².